The second kappa shape index (κ2) is 6.70. The van der Waals surface area contributed by atoms with Crippen molar-refractivity contribution in [3.8, 4) is 0 Å². The van der Waals surface area contributed by atoms with Crippen LogP contribution in [0.2, 0.25) is 10.0 Å². The van der Waals surface area contributed by atoms with E-state index in [-0.39, 0.29) is 11.9 Å². The third kappa shape index (κ3) is 3.01. The van der Waals surface area contributed by atoms with Crippen molar-refractivity contribution in [2.45, 2.75) is 5.75 Å². The molecule has 1 unspecified atom stereocenters. The Balaban J connectivity index is 1.85. The van der Waals surface area contributed by atoms with E-state index in [2.05, 4.69) is 4.99 Å². The third-order valence-electron chi connectivity index (χ3n) is 3.87. The van der Waals surface area contributed by atoms with Crippen molar-refractivity contribution < 1.29 is 14.2 Å². The summed E-state index contributed by atoms with van der Waals surface area (Å²) in [5, 5.41) is 1.01. The van der Waals surface area contributed by atoms with Gasteiger partial charge in [0, 0.05) is 10.7 Å². The summed E-state index contributed by atoms with van der Waals surface area (Å²) in [7, 11) is 3.11. The molecule has 8 heteroatoms. The predicted molar refractivity (Wildman–Crippen MR) is 97.2 cm³/mol. The predicted octanol–water partition coefficient (Wildman–Crippen LogP) is 3.44. The van der Waals surface area contributed by atoms with Gasteiger partial charge in [0.15, 0.2) is 5.92 Å². The van der Waals surface area contributed by atoms with Gasteiger partial charge in [0.1, 0.15) is 6.21 Å². The number of aliphatic imine (C=N–C) groups is 1. The Morgan fingerprint density at radius 3 is 2.75 bits per heavy atom. The number of rotatable bonds is 3. The van der Waals surface area contributed by atoms with Crippen LogP contribution in [0.5, 0.6) is 0 Å². The van der Waals surface area contributed by atoms with Gasteiger partial charge in [-0.3, -0.25) is 4.79 Å². The van der Waals surface area contributed by atoms with Crippen LogP contribution < -0.4 is 0 Å². The molecule has 0 aromatic heterocycles. The normalized spacial score (nSPS) is 20.4. The summed E-state index contributed by atoms with van der Waals surface area (Å²) in [4.78, 5) is 30.8. The number of carbonyl (C=O) groups excluding carboxylic acids is 2. The van der Waals surface area contributed by atoms with Crippen molar-refractivity contribution >= 4 is 59.0 Å². The topological polar surface area (TPSA) is 52.8 Å². The highest BCUT2D eigenvalue weighted by molar-refractivity contribution is 8.02. The zero-order valence-electron chi connectivity index (χ0n) is 13.0. The Kier molecular flexibility index (Phi) is 4.80. The fraction of sp³-hybridized carbons (Fsp3) is 0.250. The number of thioether (sulfide) groups is 1. The number of benzene rings is 1. The highest BCUT2D eigenvalue weighted by Gasteiger charge is 2.46. The first-order valence-corrected chi connectivity index (χ1v) is 8.87. The lowest BCUT2D eigenvalue weighted by Crippen LogP contribution is -2.52. The van der Waals surface area contributed by atoms with Crippen LogP contribution in [0.1, 0.15) is 5.56 Å². The lowest BCUT2D eigenvalue weighted by molar-refractivity contribution is -0.407. The van der Waals surface area contributed by atoms with Gasteiger partial charge in [-0.15, -0.1) is 16.8 Å². The van der Waals surface area contributed by atoms with Crippen LogP contribution in [0, 0.1) is 5.92 Å². The van der Waals surface area contributed by atoms with E-state index in [0.29, 0.717) is 21.6 Å². The lowest BCUT2D eigenvalue weighted by Gasteiger charge is -2.26. The van der Waals surface area contributed by atoms with Crippen LogP contribution in [0.15, 0.2) is 34.2 Å². The molecule has 24 heavy (non-hydrogen) atoms. The number of hydrogen-bond acceptors (Lipinski definition) is 4. The number of nitrogens with zero attached hydrogens (tertiary/aromatic N) is 3. The summed E-state index contributed by atoms with van der Waals surface area (Å²) in [6.45, 7) is 0. The van der Waals surface area contributed by atoms with E-state index in [9.17, 15) is 9.59 Å². The SMILES string of the molecule is CN1C(=O)C2C(SCc3ccc(Cl)c(Cl)c3)=CC=NC2=[N+](C)C1=O. The van der Waals surface area contributed by atoms with E-state index in [0.717, 1.165) is 15.4 Å². The van der Waals surface area contributed by atoms with Crippen molar-refractivity contribution in [2.75, 3.05) is 14.1 Å². The zero-order valence-corrected chi connectivity index (χ0v) is 15.3. The van der Waals surface area contributed by atoms with Gasteiger partial charge in [0.05, 0.1) is 24.1 Å². The summed E-state index contributed by atoms with van der Waals surface area (Å²) < 4.78 is 1.41. The second-order valence-corrected chi connectivity index (χ2v) is 7.28. The Morgan fingerprint density at radius 2 is 2.04 bits per heavy atom. The van der Waals surface area contributed by atoms with Crippen molar-refractivity contribution in [1.82, 2.24) is 4.90 Å². The summed E-state index contributed by atoms with van der Waals surface area (Å²) in [6, 6.07) is 5.08. The monoisotopic (exact) mass is 382 g/mol. The molecule has 0 saturated heterocycles. The molecule has 1 aromatic carbocycles. The molecule has 0 spiro atoms. The standard InChI is InChI=1S/C16H14Cl2N3O2S/c1-20-14-13(15(22)21(2)16(20)23)12(5-6-19-14)24-8-9-3-4-10(17)11(18)7-9/h3-7,13H,8H2,1-2H3/q+1. The number of dihydropyridines is 1. The fourth-order valence-corrected chi connectivity index (χ4v) is 3.90. The molecule has 0 aliphatic carbocycles. The van der Waals surface area contributed by atoms with Gasteiger partial charge in [-0.2, -0.15) is 9.48 Å². The summed E-state index contributed by atoms with van der Waals surface area (Å²) >= 11 is 13.5. The largest absolute Gasteiger partial charge is 0.445 e. The zero-order chi connectivity index (χ0) is 17.4. The van der Waals surface area contributed by atoms with Crippen molar-refractivity contribution in [2.24, 2.45) is 10.9 Å². The van der Waals surface area contributed by atoms with E-state index >= 15 is 0 Å². The smallest absolute Gasteiger partial charge is 0.255 e. The van der Waals surface area contributed by atoms with Crippen LogP contribution in [0.3, 0.4) is 0 Å². The van der Waals surface area contributed by atoms with Crippen LogP contribution in [0.4, 0.5) is 4.79 Å². The molecule has 0 radical (unpaired) electrons. The van der Waals surface area contributed by atoms with Crippen molar-refractivity contribution in [3.63, 3.8) is 0 Å². The highest BCUT2D eigenvalue weighted by atomic mass is 35.5. The molecule has 2 heterocycles. The van der Waals surface area contributed by atoms with Crippen LogP contribution in [-0.2, 0) is 10.5 Å². The molecule has 0 fully saturated rings. The molecule has 0 N–H and O–H groups in total. The molecule has 124 valence electrons. The first kappa shape index (κ1) is 17.2. The minimum Gasteiger partial charge on any atom is -0.255 e. The van der Waals surface area contributed by atoms with E-state index in [1.807, 2.05) is 18.2 Å². The van der Waals surface area contributed by atoms with Gasteiger partial charge in [0.25, 0.3) is 5.84 Å². The molecule has 5 nitrogen and oxygen atoms in total. The Hall–Kier alpha value is -1.63. The maximum absolute atomic E-state index is 12.5. The quantitative estimate of drug-likeness (QED) is 0.752. The number of urea groups is 1. The Bertz CT molecular complexity index is 833. The third-order valence-corrected chi connectivity index (χ3v) is 5.79. The summed E-state index contributed by atoms with van der Waals surface area (Å²) in [6.07, 6.45) is 3.43. The van der Waals surface area contributed by atoms with Gasteiger partial charge >= 0.3 is 11.9 Å². The first-order chi connectivity index (χ1) is 11.4. The molecule has 1 atom stereocenters. The molecule has 3 rings (SSSR count). The average molecular weight is 383 g/mol. The molecular formula is C16H14Cl2N3O2S+. The number of allylic oxidation sites excluding steroid dienone is 1. The van der Waals surface area contributed by atoms with Gasteiger partial charge < -0.3 is 0 Å². The molecular weight excluding hydrogens is 369 g/mol. The Labute approximate surface area is 153 Å². The van der Waals surface area contributed by atoms with E-state index < -0.39 is 5.92 Å². The molecule has 0 bridgehead atoms. The minimum absolute atomic E-state index is 0.266. The number of fused-ring (bicyclic) bond motifs is 1. The number of imide groups is 1. The van der Waals surface area contributed by atoms with Gasteiger partial charge in [-0.25, -0.2) is 4.79 Å². The maximum atomic E-state index is 12.5. The summed E-state index contributed by atoms with van der Waals surface area (Å²) in [5.41, 5.74) is 1.00. The molecule has 3 amide bonds. The van der Waals surface area contributed by atoms with E-state index in [1.165, 1.54) is 23.4 Å². The maximum Gasteiger partial charge on any atom is 0.445 e. The number of hydrogen-bond donors (Lipinski definition) is 0. The van der Waals surface area contributed by atoms with Crippen LogP contribution in [-0.4, -0.2) is 47.6 Å². The minimum atomic E-state index is -0.546. The fourth-order valence-electron chi connectivity index (χ4n) is 2.54. The first-order valence-electron chi connectivity index (χ1n) is 7.13. The molecule has 2 aliphatic heterocycles. The molecule has 2 aliphatic rings. The van der Waals surface area contributed by atoms with E-state index in [4.69, 9.17) is 23.2 Å². The number of carbonyl (C=O) groups is 2. The van der Waals surface area contributed by atoms with E-state index in [1.54, 1.807) is 19.3 Å². The average Bonchev–Trinajstić information content (AvgIpc) is 2.58. The number of amidine groups is 1. The van der Waals surface area contributed by atoms with Gasteiger partial charge in [-0.05, 0) is 23.8 Å². The molecule has 0 saturated carbocycles. The van der Waals surface area contributed by atoms with Crippen molar-refractivity contribution in [1.29, 1.82) is 0 Å². The number of amides is 3. The Morgan fingerprint density at radius 1 is 1.29 bits per heavy atom. The van der Waals surface area contributed by atoms with Crippen molar-refractivity contribution in [3.05, 3.63) is 44.8 Å². The van der Waals surface area contributed by atoms with Crippen LogP contribution >= 0.6 is 35.0 Å². The highest BCUT2D eigenvalue weighted by Crippen LogP contribution is 2.34. The van der Waals surface area contributed by atoms with Gasteiger partial charge in [0.2, 0.25) is 0 Å². The second-order valence-electron chi connectivity index (χ2n) is 5.41. The van der Waals surface area contributed by atoms with Crippen LogP contribution in [0.25, 0.3) is 0 Å². The van der Waals surface area contributed by atoms with Gasteiger partial charge in [-0.1, -0.05) is 29.3 Å². The lowest BCUT2D eigenvalue weighted by atomic mass is 10.0. The molecule has 1 aromatic rings. The summed E-state index contributed by atoms with van der Waals surface area (Å²) in [5.74, 6) is 0.283. The number of halogens is 2.